The Morgan fingerprint density at radius 1 is 1.38 bits per heavy atom. The average Bonchev–Trinajstić information content (AvgIpc) is 3.08. The fourth-order valence-corrected chi connectivity index (χ4v) is 2.40. The van der Waals surface area contributed by atoms with E-state index in [1.54, 1.807) is 7.11 Å². The smallest absolute Gasteiger partial charge is 0.188 e. The lowest BCUT2D eigenvalue weighted by atomic mass is 10.1. The molecule has 1 unspecified atom stereocenters. The highest BCUT2D eigenvalue weighted by Crippen LogP contribution is 2.12. The zero-order chi connectivity index (χ0) is 16.3. The van der Waals surface area contributed by atoms with Crippen molar-refractivity contribution >= 4 is 29.9 Å². The maximum absolute atomic E-state index is 5.83. The second-order valence-corrected chi connectivity index (χ2v) is 5.50. The van der Waals surface area contributed by atoms with Crippen LogP contribution in [-0.4, -0.2) is 52.1 Å². The minimum absolute atomic E-state index is 0. The van der Waals surface area contributed by atoms with Gasteiger partial charge in [-0.1, -0.05) is 12.1 Å². The molecule has 0 spiro atoms. The van der Waals surface area contributed by atoms with Crippen LogP contribution in [0.25, 0.3) is 0 Å². The molecular formula is C17H28IN3O3. The van der Waals surface area contributed by atoms with E-state index in [1.165, 1.54) is 5.56 Å². The third-order valence-corrected chi connectivity index (χ3v) is 3.72. The molecule has 2 rings (SSSR count). The zero-order valence-corrected chi connectivity index (χ0v) is 16.5. The summed E-state index contributed by atoms with van der Waals surface area (Å²) in [5, 5.41) is 3.11. The number of hydrogen-bond donors (Lipinski definition) is 2. The van der Waals surface area contributed by atoms with Crippen LogP contribution in [-0.2, 0) is 15.9 Å². The summed E-state index contributed by atoms with van der Waals surface area (Å²) in [6, 6.07) is 8.01. The molecule has 24 heavy (non-hydrogen) atoms. The molecule has 1 aliphatic rings. The molecule has 0 saturated carbocycles. The van der Waals surface area contributed by atoms with Crippen LogP contribution in [0.4, 0.5) is 0 Å². The fraction of sp³-hybridized carbons (Fsp3) is 0.588. The summed E-state index contributed by atoms with van der Waals surface area (Å²) in [5.41, 5.74) is 7.05. The van der Waals surface area contributed by atoms with Crippen molar-refractivity contribution in [2.75, 3.05) is 40.0 Å². The number of benzene rings is 1. The Morgan fingerprint density at radius 2 is 2.17 bits per heavy atom. The normalized spacial score (nSPS) is 17.4. The molecule has 1 aromatic rings. The predicted molar refractivity (Wildman–Crippen MR) is 106 cm³/mol. The summed E-state index contributed by atoms with van der Waals surface area (Å²) in [6.07, 6.45) is 3.38. The molecule has 1 heterocycles. The average molecular weight is 449 g/mol. The third kappa shape index (κ3) is 8.16. The Kier molecular flexibility index (Phi) is 10.8. The van der Waals surface area contributed by atoms with Gasteiger partial charge in [-0.05, 0) is 37.0 Å². The Morgan fingerprint density at radius 3 is 2.83 bits per heavy atom. The molecule has 0 aromatic heterocycles. The van der Waals surface area contributed by atoms with Crippen molar-refractivity contribution in [2.24, 2.45) is 10.7 Å². The first-order valence-corrected chi connectivity index (χ1v) is 8.14. The maximum Gasteiger partial charge on any atom is 0.188 e. The van der Waals surface area contributed by atoms with Gasteiger partial charge in [0.15, 0.2) is 5.96 Å². The Bertz CT molecular complexity index is 476. The van der Waals surface area contributed by atoms with Gasteiger partial charge in [-0.25, -0.2) is 0 Å². The molecule has 0 aliphatic carbocycles. The van der Waals surface area contributed by atoms with Crippen molar-refractivity contribution < 1.29 is 14.2 Å². The van der Waals surface area contributed by atoms with E-state index in [9.17, 15) is 0 Å². The van der Waals surface area contributed by atoms with E-state index >= 15 is 0 Å². The second kappa shape index (κ2) is 12.3. The number of nitrogens with two attached hydrogens (primary N) is 1. The molecule has 1 fully saturated rings. The number of halogens is 1. The highest BCUT2D eigenvalue weighted by molar-refractivity contribution is 14.0. The van der Waals surface area contributed by atoms with E-state index in [0.717, 1.165) is 38.2 Å². The number of methoxy groups -OCH3 is 1. The third-order valence-electron chi connectivity index (χ3n) is 3.72. The molecule has 136 valence electrons. The topological polar surface area (TPSA) is 78.1 Å². The first-order chi connectivity index (χ1) is 11.3. The summed E-state index contributed by atoms with van der Waals surface area (Å²) in [7, 11) is 1.66. The van der Waals surface area contributed by atoms with Crippen LogP contribution in [0.3, 0.4) is 0 Å². The molecule has 1 aliphatic heterocycles. The van der Waals surface area contributed by atoms with Gasteiger partial charge in [0.1, 0.15) is 5.75 Å². The number of hydrogen-bond acceptors (Lipinski definition) is 4. The van der Waals surface area contributed by atoms with Gasteiger partial charge in [0, 0.05) is 13.2 Å². The zero-order valence-electron chi connectivity index (χ0n) is 14.2. The summed E-state index contributed by atoms with van der Waals surface area (Å²) in [6.45, 7) is 3.39. The van der Waals surface area contributed by atoms with Crippen LogP contribution < -0.4 is 15.8 Å². The predicted octanol–water partition coefficient (Wildman–Crippen LogP) is 1.96. The molecule has 1 saturated heterocycles. The molecule has 1 atom stereocenters. The van der Waals surface area contributed by atoms with E-state index in [0.29, 0.717) is 25.7 Å². The minimum atomic E-state index is 0. The van der Waals surface area contributed by atoms with Crippen molar-refractivity contribution in [1.82, 2.24) is 5.32 Å². The molecule has 0 bridgehead atoms. The van der Waals surface area contributed by atoms with E-state index < -0.39 is 0 Å². The van der Waals surface area contributed by atoms with Gasteiger partial charge in [0.2, 0.25) is 0 Å². The SMILES string of the molecule is COc1ccc(CCNC(N)=NCCOCC2CCCO2)cc1.I. The first-order valence-electron chi connectivity index (χ1n) is 8.14. The van der Waals surface area contributed by atoms with Crippen molar-refractivity contribution in [3.63, 3.8) is 0 Å². The summed E-state index contributed by atoms with van der Waals surface area (Å²) in [4.78, 5) is 4.24. The lowest BCUT2D eigenvalue weighted by Gasteiger charge is -2.09. The monoisotopic (exact) mass is 449 g/mol. The van der Waals surface area contributed by atoms with Gasteiger partial charge < -0.3 is 25.3 Å². The van der Waals surface area contributed by atoms with Gasteiger partial charge in [-0.3, -0.25) is 4.99 Å². The van der Waals surface area contributed by atoms with Crippen molar-refractivity contribution in [3.05, 3.63) is 29.8 Å². The maximum atomic E-state index is 5.83. The molecule has 0 radical (unpaired) electrons. The van der Waals surface area contributed by atoms with E-state index in [4.69, 9.17) is 19.9 Å². The van der Waals surface area contributed by atoms with Gasteiger partial charge in [-0.15, -0.1) is 24.0 Å². The van der Waals surface area contributed by atoms with Crippen LogP contribution in [0.5, 0.6) is 5.75 Å². The molecule has 3 N–H and O–H groups in total. The van der Waals surface area contributed by atoms with Crippen LogP contribution in [0.2, 0.25) is 0 Å². The molecule has 1 aromatic carbocycles. The van der Waals surface area contributed by atoms with Crippen molar-refractivity contribution in [2.45, 2.75) is 25.4 Å². The highest BCUT2D eigenvalue weighted by atomic mass is 127. The summed E-state index contributed by atoms with van der Waals surface area (Å²) in [5.74, 6) is 1.32. The minimum Gasteiger partial charge on any atom is -0.497 e. The highest BCUT2D eigenvalue weighted by Gasteiger charge is 2.14. The lowest BCUT2D eigenvalue weighted by Crippen LogP contribution is -2.33. The van der Waals surface area contributed by atoms with Gasteiger partial charge in [-0.2, -0.15) is 0 Å². The molecular weight excluding hydrogens is 421 g/mol. The summed E-state index contributed by atoms with van der Waals surface area (Å²) < 4.78 is 16.2. The lowest BCUT2D eigenvalue weighted by molar-refractivity contribution is 0.0200. The second-order valence-electron chi connectivity index (χ2n) is 5.50. The van der Waals surface area contributed by atoms with Crippen LogP contribution in [0.1, 0.15) is 18.4 Å². The Hall–Kier alpha value is -1.06. The van der Waals surface area contributed by atoms with Gasteiger partial charge in [0.05, 0.1) is 33.0 Å². The van der Waals surface area contributed by atoms with Crippen molar-refractivity contribution in [3.8, 4) is 5.75 Å². The number of nitrogens with one attached hydrogen (secondary N) is 1. The standard InChI is InChI=1S/C17H27N3O3.HI/c1-21-15-6-4-14(5-7-15)8-9-19-17(18)20-10-12-22-13-16-3-2-11-23-16;/h4-7,16H,2-3,8-13H2,1H3,(H3,18,19,20);1H. The quantitative estimate of drug-likeness (QED) is 0.261. The number of nitrogens with zero attached hydrogens (tertiary/aromatic N) is 1. The van der Waals surface area contributed by atoms with E-state index in [2.05, 4.69) is 10.3 Å². The number of guanidine groups is 1. The first kappa shape index (κ1) is 21.0. The van der Waals surface area contributed by atoms with E-state index in [1.807, 2.05) is 24.3 Å². The van der Waals surface area contributed by atoms with Crippen LogP contribution in [0.15, 0.2) is 29.3 Å². The van der Waals surface area contributed by atoms with Crippen LogP contribution in [0, 0.1) is 0 Å². The Balaban J connectivity index is 0.00000288. The van der Waals surface area contributed by atoms with Gasteiger partial charge >= 0.3 is 0 Å². The molecule has 7 heteroatoms. The largest absolute Gasteiger partial charge is 0.497 e. The van der Waals surface area contributed by atoms with Crippen molar-refractivity contribution in [1.29, 1.82) is 0 Å². The Labute approximate surface area is 161 Å². The van der Waals surface area contributed by atoms with Crippen LogP contribution >= 0.6 is 24.0 Å². The fourth-order valence-electron chi connectivity index (χ4n) is 2.40. The number of ether oxygens (including phenoxy) is 3. The number of rotatable bonds is 9. The van der Waals surface area contributed by atoms with Gasteiger partial charge in [0.25, 0.3) is 0 Å². The van der Waals surface area contributed by atoms with E-state index in [-0.39, 0.29) is 30.1 Å². The molecule has 0 amide bonds. The molecule has 6 nitrogen and oxygen atoms in total. The number of aliphatic imine (C=N–C) groups is 1. The summed E-state index contributed by atoms with van der Waals surface area (Å²) >= 11 is 0.